The lowest BCUT2D eigenvalue weighted by molar-refractivity contribution is 0.622. The second-order valence-electron chi connectivity index (χ2n) is 3.47. The fraction of sp³-hybridized carbons (Fsp3) is 0.364. The summed E-state index contributed by atoms with van der Waals surface area (Å²) in [6, 6.07) is 3.21. The predicted molar refractivity (Wildman–Crippen MR) is 67.5 cm³/mol. The second-order valence-corrected chi connectivity index (χ2v) is 4.70. The molecule has 0 aliphatic carbocycles. The lowest BCUT2D eigenvalue weighted by atomic mass is 10.3. The molecular weight excluding hydrogens is 294 g/mol. The van der Waals surface area contributed by atoms with E-state index in [4.69, 9.17) is 11.6 Å². The first-order valence-electron chi connectivity index (χ1n) is 5.07. The molecule has 1 aromatic heterocycles. The van der Waals surface area contributed by atoms with Gasteiger partial charge >= 0.3 is 0 Å². The Morgan fingerprint density at radius 2 is 2.25 bits per heavy atom. The van der Waals surface area contributed by atoms with Gasteiger partial charge in [0.05, 0.1) is 15.5 Å². The largest absolute Gasteiger partial charge is 0.328 e. The maximum absolute atomic E-state index is 13.4. The minimum absolute atomic E-state index is 0.286. The maximum atomic E-state index is 13.4. The van der Waals surface area contributed by atoms with Gasteiger partial charge in [0.15, 0.2) is 0 Å². The van der Waals surface area contributed by atoms with Crippen molar-refractivity contribution in [2.45, 2.75) is 19.9 Å². The summed E-state index contributed by atoms with van der Waals surface area (Å²) in [7, 11) is 0. The third-order valence-electron chi connectivity index (χ3n) is 2.50. The van der Waals surface area contributed by atoms with Crippen molar-refractivity contribution < 1.29 is 4.39 Å². The molecular formula is C11H11BrClFN2. The molecule has 0 fully saturated rings. The zero-order chi connectivity index (χ0) is 11.7. The number of hydrogen-bond acceptors (Lipinski definition) is 1. The molecule has 5 heteroatoms. The van der Waals surface area contributed by atoms with E-state index in [2.05, 4.69) is 25.5 Å². The van der Waals surface area contributed by atoms with Crippen LogP contribution in [0.1, 0.15) is 12.7 Å². The van der Waals surface area contributed by atoms with Gasteiger partial charge < -0.3 is 4.57 Å². The topological polar surface area (TPSA) is 17.8 Å². The molecule has 86 valence electrons. The Morgan fingerprint density at radius 3 is 2.88 bits per heavy atom. The number of halogens is 3. The molecule has 0 N–H and O–H groups in total. The molecule has 0 aliphatic rings. The highest BCUT2D eigenvalue weighted by Gasteiger charge is 2.11. The van der Waals surface area contributed by atoms with E-state index in [9.17, 15) is 4.39 Å². The molecule has 0 atom stereocenters. The minimum Gasteiger partial charge on any atom is -0.328 e. The Morgan fingerprint density at radius 1 is 1.50 bits per heavy atom. The van der Waals surface area contributed by atoms with Crippen molar-refractivity contribution in [2.75, 3.05) is 5.88 Å². The van der Waals surface area contributed by atoms with Crippen LogP contribution >= 0.6 is 27.5 Å². The van der Waals surface area contributed by atoms with Gasteiger partial charge in [-0.25, -0.2) is 9.37 Å². The quantitative estimate of drug-likeness (QED) is 0.790. The SMILES string of the molecule is CCn1c(CCCl)nc2cc(F)c(Br)cc21. The van der Waals surface area contributed by atoms with Gasteiger partial charge in [0, 0.05) is 24.9 Å². The number of imidazole rings is 1. The smallest absolute Gasteiger partial charge is 0.139 e. The van der Waals surface area contributed by atoms with Gasteiger partial charge in [-0.05, 0) is 28.9 Å². The van der Waals surface area contributed by atoms with Crippen LogP contribution in [0.2, 0.25) is 0 Å². The van der Waals surface area contributed by atoms with Crippen molar-refractivity contribution in [1.82, 2.24) is 9.55 Å². The van der Waals surface area contributed by atoms with Gasteiger partial charge in [0.1, 0.15) is 11.6 Å². The highest BCUT2D eigenvalue weighted by molar-refractivity contribution is 9.10. The number of rotatable bonds is 3. The molecule has 0 spiro atoms. The van der Waals surface area contributed by atoms with Crippen LogP contribution in [-0.4, -0.2) is 15.4 Å². The highest BCUT2D eigenvalue weighted by atomic mass is 79.9. The summed E-state index contributed by atoms with van der Waals surface area (Å²) in [6.45, 7) is 2.84. The van der Waals surface area contributed by atoms with Crippen LogP contribution in [0, 0.1) is 5.82 Å². The number of alkyl halides is 1. The summed E-state index contributed by atoms with van der Waals surface area (Å²) in [5.41, 5.74) is 1.62. The normalized spacial score (nSPS) is 11.2. The Kier molecular flexibility index (Phi) is 3.50. The van der Waals surface area contributed by atoms with Crippen LogP contribution in [0.15, 0.2) is 16.6 Å². The number of nitrogens with zero attached hydrogens (tertiary/aromatic N) is 2. The lowest BCUT2D eigenvalue weighted by Crippen LogP contribution is -2.02. The Hall–Kier alpha value is -0.610. The van der Waals surface area contributed by atoms with Gasteiger partial charge in [-0.3, -0.25) is 0 Å². The van der Waals surface area contributed by atoms with Crippen molar-refractivity contribution >= 4 is 38.6 Å². The second kappa shape index (κ2) is 4.72. The average Bonchev–Trinajstić information content (AvgIpc) is 2.56. The first-order chi connectivity index (χ1) is 7.67. The molecule has 2 rings (SSSR count). The molecule has 0 aliphatic heterocycles. The Labute approximate surface area is 107 Å². The van der Waals surface area contributed by atoms with E-state index in [1.54, 1.807) is 6.07 Å². The number of aromatic nitrogens is 2. The average molecular weight is 306 g/mol. The third-order valence-corrected chi connectivity index (χ3v) is 3.30. The van der Waals surface area contributed by atoms with Gasteiger partial charge in [-0.1, -0.05) is 0 Å². The molecule has 0 unspecified atom stereocenters. The maximum Gasteiger partial charge on any atom is 0.139 e. The van der Waals surface area contributed by atoms with Crippen LogP contribution in [0.25, 0.3) is 11.0 Å². The van der Waals surface area contributed by atoms with E-state index in [1.165, 1.54) is 6.07 Å². The van der Waals surface area contributed by atoms with E-state index in [0.29, 0.717) is 22.3 Å². The summed E-state index contributed by atoms with van der Waals surface area (Å²) >= 11 is 8.90. The molecule has 1 aromatic carbocycles. The highest BCUT2D eigenvalue weighted by Crippen LogP contribution is 2.24. The molecule has 16 heavy (non-hydrogen) atoms. The molecule has 2 aromatic rings. The Bertz CT molecular complexity index is 524. The monoisotopic (exact) mass is 304 g/mol. The van der Waals surface area contributed by atoms with Crippen LogP contribution in [0.5, 0.6) is 0 Å². The predicted octanol–water partition coefficient (Wildman–Crippen LogP) is 3.74. The fourth-order valence-corrected chi connectivity index (χ4v) is 2.30. The van der Waals surface area contributed by atoms with Crippen LogP contribution < -0.4 is 0 Å². The fourth-order valence-electron chi connectivity index (χ4n) is 1.80. The summed E-state index contributed by atoms with van der Waals surface area (Å²) in [5.74, 6) is 1.14. The van der Waals surface area contributed by atoms with Gasteiger partial charge in [0.2, 0.25) is 0 Å². The molecule has 0 bridgehead atoms. The number of fused-ring (bicyclic) bond motifs is 1. The summed E-state index contributed by atoms with van der Waals surface area (Å²) in [6.07, 6.45) is 0.698. The van der Waals surface area contributed by atoms with Crippen molar-refractivity contribution in [1.29, 1.82) is 0 Å². The molecule has 1 heterocycles. The van der Waals surface area contributed by atoms with E-state index >= 15 is 0 Å². The van der Waals surface area contributed by atoms with E-state index in [-0.39, 0.29) is 5.82 Å². The van der Waals surface area contributed by atoms with Gasteiger partial charge in [0.25, 0.3) is 0 Å². The molecule has 2 nitrogen and oxygen atoms in total. The molecule has 0 saturated heterocycles. The molecule has 0 amide bonds. The van der Waals surface area contributed by atoms with E-state index in [1.807, 2.05) is 6.92 Å². The van der Waals surface area contributed by atoms with Crippen molar-refractivity contribution in [3.8, 4) is 0 Å². The van der Waals surface area contributed by atoms with Crippen LogP contribution in [0.4, 0.5) is 4.39 Å². The summed E-state index contributed by atoms with van der Waals surface area (Å²) in [4.78, 5) is 4.39. The van der Waals surface area contributed by atoms with Gasteiger partial charge in [-0.15, -0.1) is 11.6 Å². The lowest BCUT2D eigenvalue weighted by Gasteiger charge is -2.04. The number of hydrogen-bond donors (Lipinski definition) is 0. The van der Waals surface area contributed by atoms with Gasteiger partial charge in [-0.2, -0.15) is 0 Å². The van der Waals surface area contributed by atoms with Crippen molar-refractivity contribution in [2.24, 2.45) is 0 Å². The minimum atomic E-state index is -0.286. The first kappa shape index (κ1) is 11.9. The first-order valence-corrected chi connectivity index (χ1v) is 6.40. The summed E-state index contributed by atoms with van der Waals surface area (Å²) in [5, 5.41) is 0. The number of aryl methyl sites for hydroxylation is 2. The van der Waals surface area contributed by atoms with Crippen molar-refractivity contribution in [3.05, 3.63) is 28.2 Å². The van der Waals surface area contributed by atoms with E-state index in [0.717, 1.165) is 17.9 Å². The molecule has 0 radical (unpaired) electrons. The van der Waals surface area contributed by atoms with Crippen LogP contribution in [-0.2, 0) is 13.0 Å². The summed E-state index contributed by atoms with van der Waals surface area (Å²) < 4.78 is 15.9. The van der Waals surface area contributed by atoms with Crippen molar-refractivity contribution in [3.63, 3.8) is 0 Å². The van der Waals surface area contributed by atoms with Crippen LogP contribution in [0.3, 0.4) is 0 Å². The zero-order valence-corrected chi connectivity index (χ0v) is 11.1. The standard InChI is InChI=1S/C11H11BrClFN2/c1-2-16-10-5-7(12)8(14)6-9(10)15-11(16)3-4-13/h5-6H,2-4H2,1H3. The van der Waals surface area contributed by atoms with E-state index < -0.39 is 0 Å². The third kappa shape index (κ3) is 1.96. The zero-order valence-electron chi connectivity index (χ0n) is 8.80. The molecule has 0 saturated carbocycles. The Balaban J connectivity index is 2.67. The number of benzene rings is 1.